The number of hydrogen-bond donors (Lipinski definition) is 0. The first-order chi connectivity index (χ1) is 19.0. The third kappa shape index (κ3) is 7.07. The molecule has 0 aromatic heterocycles. The van der Waals surface area contributed by atoms with Crippen LogP contribution in [0, 0.1) is 11.3 Å². The Labute approximate surface area is 250 Å². The summed E-state index contributed by atoms with van der Waals surface area (Å²) < 4.78 is 29.0. The van der Waals surface area contributed by atoms with Gasteiger partial charge in [-0.1, -0.05) is 42.5 Å². The van der Waals surface area contributed by atoms with E-state index in [2.05, 4.69) is 29.2 Å². The molecule has 2 atom stereocenters. The summed E-state index contributed by atoms with van der Waals surface area (Å²) in [4.78, 5) is 32.8. The highest BCUT2D eigenvalue weighted by molar-refractivity contribution is 7.90. The van der Waals surface area contributed by atoms with Gasteiger partial charge in [0.25, 0.3) is 0 Å². The zero-order chi connectivity index (χ0) is 28.5. The molecule has 3 aliphatic heterocycles. The van der Waals surface area contributed by atoms with Crippen molar-refractivity contribution in [3.63, 3.8) is 0 Å². The van der Waals surface area contributed by atoms with Crippen molar-refractivity contribution in [2.75, 3.05) is 45.5 Å². The molecular weight excluding hydrogens is 562 g/mol. The fourth-order valence-electron chi connectivity index (χ4n) is 6.62. The fourth-order valence-corrected chi connectivity index (χ4v) is 7.26. The predicted octanol–water partition coefficient (Wildman–Crippen LogP) is 4.59. The van der Waals surface area contributed by atoms with E-state index in [1.54, 1.807) is 12.1 Å². The van der Waals surface area contributed by atoms with Gasteiger partial charge < -0.3 is 19.4 Å². The molecule has 0 unspecified atom stereocenters. The number of benzene rings is 2. The van der Waals surface area contributed by atoms with Crippen molar-refractivity contribution < 1.29 is 22.7 Å². The maximum atomic E-state index is 13.6. The van der Waals surface area contributed by atoms with Gasteiger partial charge in [-0.3, -0.25) is 4.79 Å². The van der Waals surface area contributed by atoms with Gasteiger partial charge in [-0.2, -0.15) is 0 Å². The summed E-state index contributed by atoms with van der Waals surface area (Å²) in [6.45, 7) is 8.98. The molecule has 2 aromatic rings. The third-order valence-corrected chi connectivity index (χ3v) is 10.0. The molecule has 0 radical (unpaired) electrons. The molecule has 10 heteroatoms. The van der Waals surface area contributed by atoms with Crippen LogP contribution in [0.2, 0.25) is 0 Å². The van der Waals surface area contributed by atoms with Crippen molar-refractivity contribution in [2.24, 2.45) is 11.3 Å². The van der Waals surface area contributed by atoms with E-state index in [-0.39, 0.29) is 41.8 Å². The molecule has 3 fully saturated rings. The van der Waals surface area contributed by atoms with E-state index >= 15 is 0 Å². The van der Waals surface area contributed by atoms with Gasteiger partial charge in [0.05, 0.1) is 16.4 Å². The Kier molecular flexibility index (Phi) is 9.71. The Bertz CT molecular complexity index is 1310. The molecular formula is C31H42ClN3O5S. The maximum absolute atomic E-state index is 13.6. The monoisotopic (exact) mass is 603 g/mol. The number of likely N-dealkylation sites (tertiary alicyclic amines) is 3. The second-order valence-electron chi connectivity index (χ2n) is 12.1. The molecule has 2 aromatic carbocycles. The maximum Gasteiger partial charge on any atom is 0.410 e. The molecule has 0 saturated carbocycles. The Morgan fingerprint density at radius 3 is 2.22 bits per heavy atom. The van der Waals surface area contributed by atoms with E-state index in [9.17, 15) is 18.0 Å². The number of carbonyl (C=O) groups excluding carboxylic acids is 2. The van der Waals surface area contributed by atoms with E-state index in [1.807, 2.05) is 41.8 Å². The minimum Gasteiger partial charge on any atom is -0.447 e. The summed E-state index contributed by atoms with van der Waals surface area (Å²) >= 11 is 0. The highest BCUT2D eigenvalue weighted by atomic mass is 35.5. The number of piperidine rings is 1. The number of amides is 2. The van der Waals surface area contributed by atoms with Gasteiger partial charge in [0.1, 0.15) is 0 Å². The highest BCUT2D eigenvalue weighted by Crippen LogP contribution is 2.43. The molecule has 3 heterocycles. The average Bonchev–Trinajstić information content (AvgIpc) is 3.47. The molecule has 0 aliphatic carbocycles. The van der Waals surface area contributed by atoms with Crippen molar-refractivity contribution in [3.05, 3.63) is 65.7 Å². The molecule has 1 spiro atoms. The van der Waals surface area contributed by atoms with Crippen LogP contribution in [0.15, 0.2) is 59.5 Å². The van der Waals surface area contributed by atoms with E-state index in [4.69, 9.17) is 4.74 Å². The van der Waals surface area contributed by atoms with E-state index in [1.165, 1.54) is 11.8 Å². The molecule has 41 heavy (non-hydrogen) atoms. The van der Waals surface area contributed by atoms with Crippen molar-refractivity contribution in [3.8, 4) is 0 Å². The molecule has 8 nitrogen and oxygen atoms in total. The van der Waals surface area contributed by atoms with E-state index in [0.717, 1.165) is 51.0 Å². The lowest BCUT2D eigenvalue weighted by molar-refractivity contribution is -0.139. The lowest BCUT2D eigenvalue weighted by Crippen LogP contribution is -2.46. The van der Waals surface area contributed by atoms with Crippen LogP contribution in [-0.4, -0.2) is 86.7 Å². The van der Waals surface area contributed by atoms with Gasteiger partial charge in [0.2, 0.25) is 5.91 Å². The van der Waals surface area contributed by atoms with Gasteiger partial charge in [0, 0.05) is 44.9 Å². The second kappa shape index (κ2) is 12.7. The summed E-state index contributed by atoms with van der Waals surface area (Å²) in [5.41, 5.74) is 1.90. The summed E-state index contributed by atoms with van der Waals surface area (Å²) in [5.74, 6) is 0.793. The number of hydrogen-bond acceptors (Lipinski definition) is 6. The van der Waals surface area contributed by atoms with Crippen LogP contribution in [0.1, 0.15) is 50.2 Å². The average molecular weight is 604 g/mol. The smallest absolute Gasteiger partial charge is 0.410 e. The fraction of sp³-hybridized carbons (Fsp3) is 0.548. The van der Waals surface area contributed by atoms with Crippen LogP contribution in [0.4, 0.5) is 4.79 Å². The number of rotatable bonds is 7. The topological polar surface area (TPSA) is 87.2 Å². The zero-order valence-corrected chi connectivity index (χ0v) is 25.8. The van der Waals surface area contributed by atoms with Gasteiger partial charge >= 0.3 is 6.09 Å². The molecule has 0 N–H and O–H groups in total. The number of halogens is 1. The Hall–Kier alpha value is -2.62. The minimum absolute atomic E-state index is 0. The largest absolute Gasteiger partial charge is 0.447 e. The Balaban J connectivity index is 0.00000387. The summed E-state index contributed by atoms with van der Waals surface area (Å²) in [5, 5.41) is 0. The highest BCUT2D eigenvalue weighted by Gasteiger charge is 2.48. The molecule has 2 amide bonds. The van der Waals surface area contributed by atoms with Crippen molar-refractivity contribution in [2.45, 2.75) is 56.6 Å². The number of carbonyl (C=O) groups is 2. The summed E-state index contributed by atoms with van der Waals surface area (Å²) in [6, 6.07) is 17.3. The number of ether oxygens (including phenoxy) is 1. The van der Waals surface area contributed by atoms with Crippen LogP contribution in [0.3, 0.4) is 0 Å². The van der Waals surface area contributed by atoms with Crippen LogP contribution >= 0.6 is 12.4 Å². The molecule has 3 aliphatic rings. The van der Waals surface area contributed by atoms with Crippen molar-refractivity contribution in [1.29, 1.82) is 0 Å². The first-order valence-electron chi connectivity index (χ1n) is 14.4. The number of nitrogens with zero attached hydrogens (tertiary/aromatic N) is 3. The zero-order valence-electron chi connectivity index (χ0n) is 24.2. The quantitative estimate of drug-likeness (QED) is 0.460. The van der Waals surface area contributed by atoms with Crippen LogP contribution in [0.5, 0.6) is 0 Å². The Morgan fingerprint density at radius 1 is 0.976 bits per heavy atom. The molecule has 224 valence electrons. The SMILES string of the molecule is CC(C)OC(=O)N1C[C@H](CN2CCC3(CC2)CCN(Cc2ccc(S(C)(=O)=O)cc2)C3=O)[C@@H](c2ccccc2)C1.Cl. The summed E-state index contributed by atoms with van der Waals surface area (Å²) in [7, 11) is -3.24. The first kappa shape index (κ1) is 31.3. The molecule has 5 rings (SSSR count). The Morgan fingerprint density at radius 2 is 1.61 bits per heavy atom. The first-order valence-corrected chi connectivity index (χ1v) is 16.2. The number of sulfone groups is 1. The predicted molar refractivity (Wildman–Crippen MR) is 161 cm³/mol. The standard InChI is InChI=1S/C31H41N3O5S.ClH/c1-23(2)39-30(36)34-21-26(28(22-34)25-7-5-4-6-8-25)20-32-16-13-31(14-17-32)15-18-33(29(31)35)19-24-9-11-27(12-10-24)40(3,37)38;/h4-12,23,26,28H,13-22H2,1-3H3;1H/t26-,28+;/m0./s1. The van der Waals surface area contributed by atoms with Crippen LogP contribution in [-0.2, 0) is 25.9 Å². The van der Waals surface area contributed by atoms with Crippen LogP contribution < -0.4 is 0 Å². The molecule has 0 bridgehead atoms. The van der Waals surface area contributed by atoms with Crippen LogP contribution in [0.25, 0.3) is 0 Å². The third-order valence-electron chi connectivity index (χ3n) is 8.90. The van der Waals surface area contributed by atoms with Gasteiger partial charge in [-0.25, -0.2) is 13.2 Å². The van der Waals surface area contributed by atoms with Crippen molar-refractivity contribution >= 4 is 34.2 Å². The van der Waals surface area contributed by atoms with Gasteiger partial charge in [-0.05, 0) is 75.4 Å². The lowest BCUT2D eigenvalue weighted by Gasteiger charge is -2.39. The van der Waals surface area contributed by atoms with Gasteiger partial charge in [0.15, 0.2) is 9.84 Å². The normalized spacial score (nSPS) is 22.8. The van der Waals surface area contributed by atoms with Crippen molar-refractivity contribution in [1.82, 2.24) is 14.7 Å². The summed E-state index contributed by atoms with van der Waals surface area (Å²) in [6.07, 6.45) is 3.38. The van der Waals surface area contributed by atoms with E-state index < -0.39 is 9.84 Å². The second-order valence-corrected chi connectivity index (χ2v) is 14.1. The molecule has 3 saturated heterocycles. The lowest BCUT2D eigenvalue weighted by atomic mass is 9.76. The minimum atomic E-state index is -3.24. The van der Waals surface area contributed by atoms with E-state index in [0.29, 0.717) is 30.4 Å². The van der Waals surface area contributed by atoms with Gasteiger partial charge in [-0.15, -0.1) is 12.4 Å².